The fourth-order valence-electron chi connectivity index (χ4n) is 2.48. The van der Waals surface area contributed by atoms with Gasteiger partial charge in [-0.3, -0.25) is 0 Å². The largest absolute Gasteiger partial charge is 0.394 e. The highest BCUT2D eigenvalue weighted by molar-refractivity contribution is 5.49. The third kappa shape index (κ3) is 3.36. The predicted molar refractivity (Wildman–Crippen MR) is 78.1 cm³/mol. The molecule has 0 amide bonds. The lowest BCUT2D eigenvalue weighted by Crippen LogP contribution is -2.61. The van der Waals surface area contributed by atoms with Crippen LogP contribution in [0.5, 0.6) is 0 Å². The summed E-state index contributed by atoms with van der Waals surface area (Å²) in [6.07, 6.45) is -3.79. The maximum absolute atomic E-state index is 10.2. The molecule has 1 heterocycles. The van der Waals surface area contributed by atoms with Crippen molar-refractivity contribution in [1.82, 2.24) is 0 Å². The van der Waals surface area contributed by atoms with Crippen LogP contribution < -0.4 is 5.32 Å². The van der Waals surface area contributed by atoms with E-state index in [0.717, 1.165) is 16.8 Å². The van der Waals surface area contributed by atoms with E-state index in [9.17, 15) is 15.3 Å². The molecule has 5 atom stereocenters. The van der Waals surface area contributed by atoms with Crippen molar-refractivity contribution in [3.05, 3.63) is 29.3 Å². The molecule has 0 radical (unpaired) electrons. The molecule has 6 heteroatoms. The lowest BCUT2D eigenvalue weighted by molar-refractivity contribution is -0.265. The van der Waals surface area contributed by atoms with Crippen LogP contribution in [0.2, 0.25) is 0 Å². The van der Waals surface area contributed by atoms with Crippen molar-refractivity contribution in [1.29, 1.82) is 0 Å². The number of hydrogen-bond donors (Lipinski definition) is 4. The molecule has 1 fully saturated rings. The lowest BCUT2D eigenvalue weighted by atomic mass is 9.95. The van der Waals surface area contributed by atoms with E-state index in [1.807, 2.05) is 32.0 Å². The molecule has 0 spiro atoms. The highest BCUT2D eigenvalue weighted by Crippen LogP contribution is 2.25. The van der Waals surface area contributed by atoms with E-state index in [1.165, 1.54) is 7.11 Å². The summed E-state index contributed by atoms with van der Waals surface area (Å²) in [5.74, 6) is 0. The van der Waals surface area contributed by atoms with Crippen molar-refractivity contribution in [2.24, 2.45) is 0 Å². The number of nitrogens with one attached hydrogen (secondary N) is 1. The van der Waals surface area contributed by atoms with Gasteiger partial charge in [-0.05, 0) is 37.1 Å². The first kappa shape index (κ1) is 16.2. The topological polar surface area (TPSA) is 91.2 Å². The monoisotopic (exact) mass is 297 g/mol. The van der Waals surface area contributed by atoms with Crippen molar-refractivity contribution in [2.45, 2.75) is 44.5 Å². The predicted octanol–water partition coefficient (Wildman–Crippen LogP) is 0.169. The van der Waals surface area contributed by atoms with Gasteiger partial charge in [0.15, 0.2) is 6.29 Å². The first-order chi connectivity index (χ1) is 9.97. The van der Waals surface area contributed by atoms with E-state index in [-0.39, 0.29) is 6.61 Å². The zero-order chi connectivity index (χ0) is 15.6. The summed E-state index contributed by atoms with van der Waals surface area (Å²) in [5, 5.41) is 32.9. The number of aryl methyl sites for hydroxylation is 2. The van der Waals surface area contributed by atoms with Crippen molar-refractivity contribution >= 4 is 5.69 Å². The van der Waals surface area contributed by atoms with Crippen LogP contribution in [0.1, 0.15) is 11.1 Å². The second-order valence-corrected chi connectivity index (χ2v) is 5.41. The Balaban J connectivity index is 2.19. The standard InChI is InChI=1S/C15H23NO5/c1-8-4-5-10(6-9(8)2)16-12-13(18)11(7-17)21-15(20-3)14(12)19/h4-6,11-19H,7H2,1-3H3/t11-,12+,13+,14-,15-/m1/s1. The molecule has 1 aliphatic heterocycles. The molecule has 2 rings (SSSR count). The van der Waals surface area contributed by atoms with E-state index >= 15 is 0 Å². The molecule has 0 bridgehead atoms. The van der Waals surface area contributed by atoms with Gasteiger partial charge in [0.05, 0.1) is 12.6 Å². The first-order valence-electron chi connectivity index (χ1n) is 6.97. The van der Waals surface area contributed by atoms with E-state index < -0.39 is 30.6 Å². The van der Waals surface area contributed by atoms with Crippen LogP contribution in [0.25, 0.3) is 0 Å². The molecule has 0 unspecified atom stereocenters. The molecular weight excluding hydrogens is 274 g/mol. The summed E-state index contributed by atoms with van der Waals surface area (Å²) in [6.45, 7) is 3.66. The molecule has 0 aliphatic carbocycles. The minimum atomic E-state index is -1.05. The van der Waals surface area contributed by atoms with Gasteiger partial charge < -0.3 is 30.1 Å². The number of hydrogen-bond acceptors (Lipinski definition) is 6. The van der Waals surface area contributed by atoms with Crippen molar-refractivity contribution in [2.75, 3.05) is 19.0 Å². The molecule has 1 aromatic carbocycles. The summed E-state index contributed by atoms with van der Waals surface area (Å²) < 4.78 is 10.4. The average molecular weight is 297 g/mol. The minimum Gasteiger partial charge on any atom is -0.394 e. The van der Waals surface area contributed by atoms with E-state index in [2.05, 4.69) is 5.32 Å². The Hall–Kier alpha value is -1.18. The molecule has 6 nitrogen and oxygen atoms in total. The van der Waals surface area contributed by atoms with Crippen LogP contribution in [0.4, 0.5) is 5.69 Å². The van der Waals surface area contributed by atoms with Crippen LogP contribution in [0.15, 0.2) is 18.2 Å². The van der Waals surface area contributed by atoms with Crippen LogP contribution in [0.3, 0.4) is 0 Å². The van der Waals surface area contributed by atoms with Crippen LogP contribution in [0, 0.1) is 13.8 Å². The van der Waals surface area contributed by atoms with Crippen LogP contribution >= 0.6 is 0 Å². The number of aliphatic hydroxyl groups is 3. The first-order valence-corrected chi connectivity index (χ1v) is 6.97. The number of ether oxygens (including phenoxy) is 2. The molecule has 0 saturated carbocycles. The Morgan fingerprint density at radius 3 is 2.48 bits per heavy atom. The normalized spacial score (nSPS) is 33.0. The number of anilines is 1. The van der Waals surface area contributed by atoms with Gasteiger partial charge in [-0.25, -0.2) is 0 Å². The Morgan fingerprint density at radius 1 is 1.19 bits per heavy atom. The molecule has 4 N–H and O–H groups in total. The molecule has 1 aliphatic rings. The van der Waals surface area contributed by atoms with Gasteiger partial charge in [0.2, 0.25) is 0 Å². The van der Waals surface area contributed by atoms with Gasteiger partial charge in [-0.2, -0.15) is 0 Å². The van der Waals surface area contributed by atoms with Gasteiger partial charge >= 0.3 is 0 Å². The molecule has 21 heavy (non-hydrogen) atoms. The zero-order valence-electron chi connectivity index (χ0n) is 12.5. The van der Waals surface area contributed by atoms with Gasteiger partial charge in [0.1, 0.15) is 18.3 Å². The Labute approximate surface area is 124 Å². The van der Waals surface area contributed by atoms with E-state index in [4.69, 9.17) is 9.47 Å². The average Bonchev–Trinajstić information content (AvgIpc) is 2.47. The van der Waals surface area contributed by atoms with E-state index in [0.29, 0.717) is 0 Å². The van der Waals surface area contributed by atoms with Crippen molar-refractivity contribution in [3.63, 3.8) is 0 Å². The van der Waals surface area contributed by atoms with Gasteiger partial charge in [-0.15, -0.1) is 0 Å². The summed E-state index contributed by atoms with van der Waals surface area (Å²) >= 11 is 0. The van der Waals surface area contributed by atoms with Crippen LogP contribution in [-0.4, -0.2) is 59.7 Å². The summed E-state index contributed by atoms with van der Waals surface area (Å²) in [7, 11) is 1.41. The maximum Gasteiger partial charge on any atom is 0.185 e. The third-order valence-electron chi connectivity index (χ3n) is 3.96. The Morgan fingerprint density at radius 2 is 1.90 bits per heavy atom. The fraction of sp³-hybridized carbons (Fsp3) is 0.600. The SMILES string of the molecule is CO[C@@H]1O[C@H](CO)[C@H](O)[C@H](Nc2ccc(C)c(C)c2)[C@H]1O. The highest BCUT2D eigenvalue weighted by Gasteiger charge is 2.44. The van der Waals surface area contributed by atoms with Gasteiger partial charge in [0, 0.05) is 12.8 Å². The number of aliphatic hydroxyl groups excluding tert-OH is 3. The van der Waals surface area contributed by atoms with Gasteiger partial charge in [-0.1, -0.05) is 6.07 Å². The van der Waals surface area contributed by atoms with Gasteiger partial charge in [0.25, 0.3) is 0 Å². The summed E-state index contributed by atoms with van der Waals surface area (Å²) in [4.78, 5) is 0. The van der Waals surface area contributed by atoms with Crippen molar-refractivity contribution in [3.8, 4) is 0 Å². The van der Waals surface area contributed by atoms with E-state index in [1.54, 1.807) is 0 Å². The highest BCUT2D eigenvalue weighted by atomic mass is 16.7. The fourth-order valence-corrected chi connectivity index (χ4v) is 2.48. The summed E-state index contributed by atoms with van der Waals surface area (Å²) in [6, 6.07) is 5.10. The second-order valence-electron chi connectivity index (χ2n) is 5.41. The number of benzene rings is 1. The number of methoxy groups -OCH3 is 1. The second kappa shape index (κ2) is 6.72. The van der Waals surface area contributed by atoms with Crippen LogP contribution in [-0.2, 0) is 9.47 Å². The quantitative estimate of drug-likeness (QED) is 0.633. The molecule has 118 valence electrons. The maximum atomic E-state index is 10.2. The number of rotatable bonds is 4. The molecule has 1 saturated heterocycles. The third-order valence-corrected chi connectivity index (χ3v) is 3.96. The summed E-state index contributed by atoms with van der Waals surface area (Å²) in [5.41, 5.74) is 3.06. The zero-order valence-corrected chi connectivity index (χ0v) is 12.5. The Kier molecular flexibility index (Phi) is 5.18. The lowest BCUT2D eigenvalue weighted by Gasteiger charge is -2.42. The molecule has 0 aromatic heterocycles. The smallest absolute Gasteiger partial charge is 0.185 e. The van der Waals surface area contributed by atoms with Crippen molar-refractivity contribution < 1.29 is 24.8 Å². The molecule has 1 aromatic rings. The minimum absolute atomic E-state index is 0.348. The molecular formula is C15H23NO5. The Bertz CT molecular complexity index is 465.